The van der Waals surface area contributed by atoms with Crippen molar-refractivity contribution in [2.24, 2.45) is 0 Å². The fraction of sp³-hybridized carbons (Fsp3) is 0.357. The highest BCUT2D eigenvalue weighted by molar-refractivity contribution is 5.48. The molecule has 0 radical (unpaired) electrons. The van der Waals surface area contributed by atoms with Crippen LogP contribution in [-0.2, 0) is 0 Å². The van der Waals surface area contributed by atoms with E-state index >= 15 is 0 Å². The maximum atomic E-state index is 10.6. The van der Waals surface area contributed by atoms with Crippen LogP contribution < -0.4 is 14.2 Å². The second-order valence-corrected chi connectivity index (χ2v) is 9.09. The van der Waals surface area contributed by atoms with Gasteiger partial charge >= 0.3 is 0 Å². The zero-order valence-corrected chi connectivity index (χ0v) is 19.9. The smallest absolute Gasteiger partial charge is 0.134 e. The summed E-state index contributed by atoms with van der Waals surface area (Å²) < 4.78 is 17.5. The molecular weight excluding hydrogens is 464 g/mol. The van der Waals surface area contributed by atoms with Crippen molar-refractivity contribution in [3.8, 4) is 40.2 Å². The van der Waals surface area contributed by atoms with Crippen LogP contribution in [0, 0.1) is 0 Å². The molecule has 6 bridgehead atoms. The standard InChI is InChI=1S/C28H32O8/c29-19-6-2-1-3-8-34-24-11-21(31)12-25(16-24)36-27-14-22(32)13-26(17-27)35-23-7-4-5-18(9-23)28(33)15-20(30)10-19/h4-5,7,9,11-14,16-17,19-20,28-33H,1-3,6,8,10,15H2. The fourth-order valence-electron chi connectivity index (χ4n) is 4.20. The van der Waals surface area contributed by atoms with E-state index < -0.39 is 18.3 Å². The number of hydrogen-bond donors (Lipinski definition) is 5. The molecule has 0 amide bonds. The summed E-state index contributed by atoms with van der Waals surface area (Å²) in [5.74, 6) is 1.70. The number of hydrogen-bond acceptors (Lipinski definition) is 8. The van der Waals surface area contributed by atoms with Crippen LogP contribution in [0.25, 0.3) is 0 Å². The van der Waals surface area contributed by atoms with Crippen molar-refractivity contribution in [3.63, 3.8) is 0 Å². The van der Waals surface area contributed by atoms with Crippen LogP contribution in [0.2, 0.25) is 0 Å². The third kappa shape index (κ3) is 7.52. The maximum Gasteiger partial charge on any atom is 0.134 e. The molecule has 3 aromatic rings. The normalized spacial score (nSPS) is 21.6. The summed E-state index contributed by atoms with van der Waals surface area (Å²) in [6, 6.07) is 15.8. The molecule has 0 aliphatic carbocycles. The van der Waals surface area contributed by atoms with E-state index in [2.05, 4.69) is 0 Å². The minimum absolute atomic E-state index is 0.0226. The third-order valence-electron chi connectivity index (χ3n) is 5.93. The van der Waals surface area contributed by atoms with E-state index in [-0.39, 0.29) is 24.3 Å². The van der Waals surface area contributed by atoms with Gasteiger partial charge in [-0.25, -0.2) is 0 Å². The van der Waals surface area contributed by atoms with Gasteiger partial charge in [0.25, 0.3) is 0 Å². The summed E-state index contributed by atoms with van der Waals surface area (Å²) in [7, 11) is 0. The van der Waals surface area contributed by atoms with Crippen LogP contribution in [0.4, 0.5) is 0 Å². The maximum absolute atomic E-state index is 10.6. The molecule has 0 spiro atoms. The first kappa shape index (κ1) is 25.6. The molecule has 8 nitrogen and oxygen atoms in total. The Morgan fingerprint density at radius 2 is 1.25 bits per heavy atom. The lowest BCUT2D eigenvalue weighted by molar-refractivity contribution is 0.0359. The van der Waals surface area contributed by atoms with Gasteiger partial charge in [0.05, 0.1) is 24.9 Å². The van der Waals surface area contributed by atoms with Crippen molar-refractivity contribution >= 4 is 0 Å². The van der Waals surface area contributed by atoms with E-state index in [1.54, 1.807) is 36.4 Å². The molecule has 0 saturated heterocycles. The van der Waals surface area contributed by atoms with Gasteiger partial charge in [-0.1, -0.05) is 18.6 Å². The number of benzene rings is 3. The molecule has 3 aromatic carbocycles. The van der Waals surface area contributed by atoms with Gasteiger partial charge in [0, 0.05) is 42.8 Å². The lowest BCUT2D eigenvalue weighted by Gasteiger charge is -2.19. The Morgan fingerprint density at radius 1 is 0.611 bits per heavy atom. The van der Waals surface area contributed by atoms with Crippen LogP contribution in [0.3, 0.4) is 0 Å². The Kier molecular flexibility index (Phi) is 8.53. The minimum Gasteiger partial charge on any atom is -0.508 e. The Balaban J connectivity index is 1.60. The Bertz CT molecular complexity index is 1150. The molecule has 0 fully saturated rings. The average Bonchev–Trinajstić information content (AvgIpc) is 2.80. The highest BCUT2D eigenvalue weighted by Gasteiger charge is 2.18. The van der Waals surface area contributed by atoms with Crippen LogP contribution in [0.1, 0.15) is 50.2 Å². The summed E-state index contributed by atoms with van der Waals surface area (Å²) in [6.45, 7) is 0.426. The van der Waals surface area contributed by atoms with Crippen molar-refractivity contribution in [1.82, 2.24) is 0 Å². The minimum atomic E-state index is -0.936. The van der Waals surface area contributed by atoms with Crippen LogP contribution in [0.5, 0.6) is 40.2 Å². The molecule has 5 N–H and O–H groups in total. The molecule has 3 unspecified atom stereocenters. The van der Waals surface area contributed by atoms with Gasteiger partial charge in [0.1, 0.15) is 40.2 Å². The Labute approximate surface area is 210 Å². The van der Waals surface area contributed by atoms with Crippen LogP contribution in [0.15, 0.2) is 60.7 Å². The quantitative estimate of drug-likeness (QED) is 0.288. The summed E-state index contributed by atoms with van der Waals surface area (Å²) >= 11 is 0. The van der Waals surface area contributed by atoms with Crippen molar-refractivity contribution < 1.29 is 39.7 Å². The first-order valence-electron chi connectivity index (χ1n) is 12.1. The summed E-state index contributed by atoms with van der Waals surface area (Å²) in [5.41, 5.74) is 0.562. The van der Waals surface area contributed by atoms with Crippen molar-refractivity contribution in [3.05, 3.63) is 66.2 Å². The fourth-order valence-corrected chi connectivity index (χ4v) is 4.20. The number of aromatic hydroxyl groups is 2. The lowest BCUT2D eigenvalue weighted by atomic mass is 9.98. The predicted molar refractivity (Wildman–Crippen MR) is 133 cm³/mol. The molecule has 0 aromatic heterocycles. The molecule has 0 saturated carbocycles. The van der Waals surface area contributed by atoms with E-state index in [1.807, 2.05) is 0 Å². The van der Waals surface area contributed by atoms with E-state index in [4.69, 9.17) is 14.2 Å². The third-order valence-corrected chi connectivity index (χ3v) is 5.93. The number of rotatable bonds is 0. The van der Waals surface area contributed by atoms with Gasteiger partial charge in [0.15, 0.2) is 0 Å². The molecule has 36 heavy (non-hydrogen) atoms. The molecule has 1 aliphatic heterocycles. The lowest BCUT2D eigenvalue weighted by Crippen LogP contribution is -2.20. The second kappa shape index (κ2) is 12.0. The number of phenolic OH excluding ortho intramolecular Hbond substituents is 2. The number of aliphatic hydroxyl groups excluding tert-OH is 3. The predicted octanol–water partition coefficient (Wildman–Crippen LogP) is 5.17. The largest absolute Gasteiger partial charge is 0.508 e. The van der Waals surface area contributed by atoms with E-state index in [0.717, 1.165) is 19.3 Å². The topological polar surface area (TPSA) is 129 Å². The highest BCUT2D eigenvalue weighted by atomic mass is 16.5. The van der Waals surface area contributed by atoms with E-state index in [1.165, 1.54) is 24.3 Å². The molecule has 1 heterocycles. The second-order valence-electron chi connectivity index (χ2n) is 9.09. The number of ether oxygens (including phenoxy) is 3. The monoisotopic (exact) mass is 496 g/mol. The summed E-state index contributed by atoms with van der Waals surface area (Å²) in [4.78, 5) is 0. The van der Waals surface area contributed by atoms with Crippen molar-refractivity contribution in [2.45, 2.75) is 56.8 Å². The van der Waals surface area contributed by atoms with Crippen molar-refractivity contribution in [1.29, 1.82) is 0 Å². The van der Waals surface area contributed by atoms with Crippen LogP contribution in [-0.4, -0.2) is 44.3 Å². The number of fused-ring (bicyclic) bond motifs is 6. The molecular formula is C28H32O8. The van der Waals surface area contributed by atoms with Crippen LogP contribution >= 0.6 is 0 Å². The zero-order valence-electron chi connectivity index (χ0n) is 19.9. The number of aliphatic hydroxyl groups is 3. The van der Waals surface area contributed by atoms with Gasteiger partial charge in [-0.3, -0.25) is 0 Å². The Hall–Kier alpha value is -3.46. The summed E-state index contributed by atoms with van der Waals surface area (Å²) in [5, 5.41) is 51.6. The van der Waals surface area contributed by atoms with Gasteiger partial charge in [-0.15, -0.1) is 0 Å². The molecule has 1 aliphatic rings. The highest BCUT2D eigenvalue weighted by Crippen LogP contribution is 2.36. The first-order valence-corrected chi connectivity index (χ1v) is 12.1. The molecule has 192 valence electrons. The summed E-state index contributed by atoms with van der Waals surface area (Å²) in [6.07, 6.45) is 0.718. The number of phenols is 2. The van der Waals surface area contributed by atoms with E-state index in [0.29, 0.717) is 47.3 Å². The molecule has 8 heteroatoms. The van der Waals surface area contributed by atoms with Crippen molar-refractivity contribution in [2.75, 3.05) is 6.61 Å². The molecule has 3 atom stereocenters. The van der Waals surface area contributed by atoms with Gasteiger partial charge in [-0.2, -0.15) is 0 Å². The Morgan fingerprint density at radius 3 is 1.97 bits per heavy atom. The molecule has 4 rings (SSSR count). The SMILES string of the molecule is Oc1cc2cc(c1)Oc1cc(O)cc(c1)Oc1cccc(c1)C(O)CC(O)CC(O)CCCCCO2. The van der Waals surface area contributed by atoms with Gasteiger partial charge in [-0.05, 0) is 43.4 Å². The van der Waals surface area contributed by atoms with E-state index in [9.17, 15) is 25.5 Å². The zero-order chi connectivity index (χ0) is 25.5. The first-order chi connectivity index (χ1) is 17.3. The average molecular weight is 497 g/mol. The van der Waals surface area contributed by atoms with Gasteiger partial charge < -0.3 is 39.7 Å². The van der Waals surface area contributed by atoms with Gasteiger partial charge in [0.2, 0.25) is 0 Å².